The molecule has 0 N–H and O–H groups in total. The van der Waals surface area contributed by atoms with Crippen molar-refractivity contribution in [3.63, 3.8) is 0 Å². The lowest BCUT2D eigenvalue weighted by atomic mass is 9.90. The Kier molecular flexibility index (Phi) is 1.66. The lowest BCUT2D eigenvalue weighted by Crippen LogP contribution is -2.26. The molecule has 2 aliphatic carbocycles. The topological polar surface area (TPSA) is 9.23 Å². The summed E-state index contributed by atoms with van der Waals surface area (Å²) in [5, 5.41) is 0. The van der Waals surface area contributed by atoms with Gasteiger partial charge in [-0.1, -0.05) is 29.9 Å². The van der Waals surface area contributed by atoms with Gasteiger partial charge in [0, 0.05) is 5.92 Å². The highest BCUT2D eigenvalue weighted by atomic mass is 16.5. The second-order valence-corrected chi connectivity index (χ2v) is 4.07. The van der Waals surface area contributed by atoms with E-state index in [1.165, 1.54) is 24.8 Å². The van der Waals surface area contributed by atoms with Crippen LogP contribution in [0, 0.1) is 5.92 Å². The minimum Gasteiger partial charge on any atom is -0.369 e. The van der Waals surface area contributed by atoms with Crippen LogP contribution in [-0.4, -0.2) is 12.7 Å². The summed E-state index contributed by atoms with van der Waals surface area (Å²) in [6.45, 7) is 0.946. The minimum absolute atomic E-state index is 0.273. The normalized spacial score (nSPS) is 36.3. The predicted molar refractivity (Wildman–Crippen MR) is 52.4 cm³/mol. The van der Waals surface area contributed by atoms with Gasteiger partial charge in [-0.3, -0.25) is 0 Å². The van der Waals surface area contributed by atoms with Gasteiger partial charge in [-0.2, -0.15) is 0 Å². The summed E-state index contributed by atoms with van der Waals surface area (Å²) in [6.07, 6.45) is 12.9. The molecule has 13 heavy (non-hydrogen) atoms. The first-order chi connectivity index (χ1) is 6.45. The molecule has 0 amide bonds. The molecule has 68 valence electrons. The van der Waals surface area contributed by atoms with Crippen LogP contribution in [-0.2, 0) is 4.74 Å². The molecule has 1 aliphatic heterocycles. The Labute approximate surface area is 78.8 Å². The van der Waals surface area contributed by atoms with Crippen molar-refractivity contribution >= 4 is 0 Å². The van der Waals surface area contributed by atoms with E-state index < -0.39 is 0 Å². The molecule has 2 atom stereocenters. The van der Waals surface area contributed by atoms with E-state index in [0.717, 1.165) is 12.5 Å². The maximum absolute atomic E-state index is 5.80. The third-order valence-electron chi connectivity index (χ3n) is 3.32. The van der Waals surface area contributed by atoms with Crippen molar-refractivity contribution in [1.82, 2.24) is 0 Å². The number of allylic oxidation sites excluding steroid dienone is 2. The summed E-state index contributed by atoms with van der Waals surface area (Å²) in [6, 6.07) is 0. The molecule has 0 radical (unpaired) electrons. The number of hydrogen-bond donors (Lipinski definition) is 0. The Morgan fingerprint density at radius 3 is 3.31 bits per heavy atom. The zero-order chi connectivity index (χ0) is 8.67. The number of ether oxygens (including phenoxy) is 1. The number of fused-ring (bicyclic) bond motifs is 2. The highest BCUT2D eigenvalue weighted by Crippen LogP contribution is 2.39. The minimum atomic E-state index is 0.273. The van der Waals surface area contributed by atoms with E-state index in [1.807, 2.05) is 0 Å². The van der Waals surface area contributed by atoms with Crippen LogP contribution in [0.15, 0.2) is 35.5 Å². The molecule has 1 saturated carbocycles. The SMILES string of the molecule is C1=CC2=C3CCCC3COC2C=C1. The van der Waals surface area contributed by atoms with E-state index in [0.29, 0.717) is 0 Å². The fourth-order valence-corrected chi connectivity index (χ4v) is 2.66. The Balaban J connectivity index is 2.05. The summed E-state index contributed by atoms with van der Waals surface area (Å²) < 4.78 is 5.80. The molecule has 1 fully saturated rings. The summed E-state index contributed by atoms with van der Waals surface area (Å²) >= 11 is 0. The molecule has 0 aromatic heterocycles. The first-order valence-corrected chi connectivity index (χ1v) is 5.14. The van der Waals surface area contributed by atoms with Crippen LogP contribution < -0.4 is 0 Å². The molecular weight excluding hydrogens is 160 g/mol. The summed E-state index contributed by atoms with van der Waals surface area (Å²) in [5.41, 5.74) is 3.13. The van der Waals surface area contributed by atoms with E-state index in [-0.39, 0.29) is 6.10 Å². The van der Waals surface area contributed by atoms with Crippen LogP contribution in [0.4, 0.5) is 0 Å². The maximum atomic E-state index is 5.80. The molecular formula is C12H14O. The van der Waals surface area contributed by atoms with Crippen LogP contribution in [0.25, 0.3) is 0 Å². The molecule has 0 aromatic carbocycles. The van der Waals surface area contributed by atoms with Crippen LogP contribution in [0.3, 0.4) is 0 Å². The van der Waals surface area contributed by atoms with E-state index in [2.05, 4.69) is 24.3 Å². The van der Waals surface area contributed by atoms with Crippen LogP contribution in [0.1, 0.15) is 19.3 Å². The van der Waals surface area contributed by atoms with E-state index in [1.54, 1.807) is 5.57 Å². The second kappa shape index (κ2) is 2.85. The molecule has 1 heteroatoms. The van der Waals surface area contributed by atoms with Gasteiger partial charge in [0.2, 0.25) is 0 Å². The highest BCUT2D eigenvalue weighted by Gasteiger charge is 2.31. The van der Waals surface area contributed by atoms with Crippen LogP contribution in [0.2, 0.25) is 0 Å². The molecule has 0 bridgehead atoms. The standard InChI is InChI=1S/C12H14O/c1-2-7-12-11(5-1)10-6-3-4-9(10)8-13-12/h1-2,5,7,9,12H,3-4,6,8H2. The fraction of sp³-hybridized carbons (Fsp3) is 0.500. The van der Waals surface area contributed by atoms with Gasteiger partial charge < -0.3 is 4.74 Å². The number of hydrogen-bond acceptors (Lipinski definition) is 1. The largest absolute Gasteiger partial charge is 0.369 e. The van der Waals surface area contributed by atoms with Crippen molar-refractivity contribution in [2.75, 3.05) is 6.61 Å². The fourth-order valence-electron chi connectivity index (χ4n) is 2.66. The van der Waals surface area contributed by atoms with Crippen molar-refractivity contribution < 1.29 is 4.74 Å². The van der Waals surface area contributed by atoms with Gasteiger partial charge in [0.15, 0.2) is 0 Å². The summed E-state index contributed by atoms with van der Waals surface area (Å²) in [4.78, 5) is 0. The highest BCUT2D eigenvalue weighted by molar-refractivity contribution is 5.41. The summed E-state index contributed by atoms with van der Waals surface area (Å²) in [7, 11) is 0. The van der Waals surface area contributed by atoms with Gasteiger partial charge >= 0.3 is 0 Å². The quantitative estimate of drug-likeness (QED) is 0.548. The maximum Gasteiger partial charge on any atom is 0.101 e. The van der Waals surface area contributed by atoms with Gasteiger partial charge in [-0.15, -0.1) is 0 Å². The van der Waals surface area contributed by atoms with E-state index >= 15 is 0 Å². The van der Waals surface area contributed by atoms with Crippen molar-refractivity contribution in [3.05, 3.63) is 35.5 Å². The lowest BCUT2D eigenvalue weighted by Gasteiger charge is -2.29. The van der Waals surface area contributed by atoms with Gasteiger partial charge in [0.1, 0.15) is 6.10 Å². The van der Waals surface area contributed by atoms with Crippen molar-refractivity contribution in [2.24, 2.45) is 5.92 Å². The van der Waals surface area contributed by atoms with Crippen molar-refractivity contribution in [2.45, 2.75) is 25.4 Å². The molecule has 1 nitrogen and oxygen atoms in total. The van der Waals surface area contributed by atoms with Crippen LogP contribution >= 0.6 is 0 Å². The third kappa shape index (κ3) is 1.11. The van der Waals surface area contributed by atoms with E-state index in [9.17, 15) is 0 Å². The molecule has 0 aromatic rings. The average Bonchev–Trinajstić information content (AvgIpc) is 2.65. The van der Waals surface area contributed by atoms with E-state index in [4.69, 9.17) is 4.74 Å². The Bertz CT molecular complexity index is 309. The van der Waals surface area contributed by atoms with Crippen LogP contribution in [0.5, 0.6) is 0 Å². The first kappa shape index (κ1) is 7.57. The average molecular weight is 174 g/mol. The second-order valence-electron chi connectivity index (χ2n) is 4.07. The summed E-state index contributed by atoms with van der Waals surface area (Å²) in [5.74, 6) is 0.738. The Hall–Kier alpha value is -0.820. The van der Waals surface area contributed by atoms with Gasteiger partial charge in [0.25, 0.3) is 0 Å². The lowest BCUT2D eigenvalue weighted by molar-refractivity contribution is 0.0736. The van der Waals surface area contributed by atoms with Gasteiger partial charge in [-0.05, 0) is 24.8 Å². The predicted octanol–water partition coefficient (Wildman–Crippen LogP) is 2.61. The molecule has 1 heterocycles. The zero-order valence-corrected chi connectivity index (χ0v) is 7.70. The van der Waals surface area contributed by atoms with Crippen molar-refractivity contribution in [1.29, 1.82) is 0 Å². The molecule has 2 unspecified atom stereocenters. The number of rotatable bonds is 0. The first-order valence-electron chi connectivity index (χ1n) is 5.14. The Morgan fingerprint density at radius 2 is 2.31 bits per heavy atom. The molecule has 0 spiro atoms. The zero-order valence-electron chi connectivity index (χ0n) is 7.70. The smallest absolute Gasteiger partial charge is 0.101 e. The molecule has 3 rings (SSSR count). The Morgan fingerprint density at radius 1 is 1.31 bits per heavy atom. The monoisotopic (exact) mass is 174 g/mol. The molecule has 3 aliphatic rings. The van der Waals surface area contributed by atoms with Crippen molar-refractivity contribution in [3.8, 4) is 0 Å². The molecule has 0 saturated heterocycles. The van der Waals surface area contributed by atoms with Gasteiger partial charge in [0.05, 0.1) is 6.61 Å². The third-order valence-corrected chi connectivity index (χ3v) is 3.32. The van der Waals surface area contributed by atoms with Gasteiger partial charge in [-0.25, -0.2) is 0 Å².